The highest BCUT2D eigenvalue weighted by atomic mass is 14.8. The first-order valence-corrected chi connectivity index (χ1v) is 4.61. The molecule has 68 valence electrons. The fourth-order valence-corrected chi connectivity index (χ4v) is 1.47. The molecular weight excluding hydrogens is 148 g/mol. The number of hydrogen-bond acceptors (Lipinski definition) is 2. The van der Waals surface area contributed by atoms with Gasteiger partial charge in [0.15, 0.2) is 0 Å². The summed E-state index contributed by atoms with van der Waals surface area (Å²) in [7, 11) is 0. The summed E-state index contributed by atoms with van der Waals surface area (Å²) in [5.41, 5.74) is 12.6. The molecule has 0 aromatic rings. The van der Waals surface area contributed by atoms with E-state index in [1.165, 1.54) is 6.42 Å². The topological polar surface area (TPSA) is 52.0 Å². The van der Waals surface area contributed by atoms with Crippen molar-refractivity contribution in [3.05, 3.63) is 23.9 Å². The van der Waals surface area contributed by atoms with Gasteiger partial charge in [-0.15, -0.1) is 0 Å². The zero-order chi connectivity index (χ0) is 9.03. The molecule has 2 heteroatoms. The molecule has 0 aliphatic heterocycles. The van der Waals surface area contributed by atoms with Crippen molar-refractivity contribution >= 4 is 0 Å². The summed E-state index contributed by atoms with van der Waals surface area (Å²) in [4.78, 5) is 0. The second-order valence-electron chi connectivity index (χ2n) is 3.51. The Balaban J connectivity index is 2.58. The summed E-state index contributed by atoms with van der Waals surface area (Å²) in [6.07, 6.45) is 10.2. The van der Waals surface area contributed by atoms with E-state index >= 15 is 0 Å². The molecule has 1 aliphatic carbocycles. The molecule has 0 bridgehead atoms. The Bertz CT molecular complexity index is 206. The van der Waals surface area contributed by atoms with Crippen molar-refractivity contribution < 1.29 is 0 Å². The van der Waals surface area contributed by atoms with Gasteiger partial charge in [-0.3, -0.25) is 0 Å². The van der Waals surface area contributed by atoms with Crippen molar-refractivity contribution in [1.29, 1.82) is 0 Å². The first-order valence-electron chi connectivity index (χ1n) is 4.61. The third kappa shape index (κ3) is 1.89. The predicted octanol–water partition coefficient (Wildman–Crippen LogP) is 1.68. The predicted molar refractivity (Wildman–Crippen MR) is 52.5 cm³/mol. The van der Waals surface area contributed by atoms with Gasteiger partial charge in [-0.25, -0.2) is 0 Å². The molecule has 0 saturated heterocycles. The van der Waals surface area contributed by atoms with Crippen LogP contribution in [0.4, 0.5) is 0 Å². The zero-order valence-corrected chi connectivity index (χ0v) is 7.72. The van der Waals surface area contributed by atoms with Crippen molar-refractivity contribution in [3.8, 4) is 0 Å². The zero-order valence-electron chi connectivity index (χ0n) is 7.72. The van der Waals surface area contributed by atoms with E-state index in [-0.39, 0.29) is 5.54 Å². The van der Waals surface area contributed by atoms with E-state index in [9.17, 15) is 0 Å². The first-order chi connectivity index (χ1) is 5.69. The fourth-order valence-electron chi connectivity index (χ4n) is 1.47. The van der Waals surface area contributed by atoms with E-state index in [1.54, 1.807) is 0 Å². The Labute approximate surface area is 74.3 Å². The molecule has 4 N–H and O–H groups in total. The van der Waals surface area contributed by atoms with E-state index in [0.717, 1.165) is 25.0 Å². The minimum atomic E-state index is -0.259. The van der Waals surface area contributed by atoms with Gasteiger partial charge in [0.05, 0.1) is 5.54 Å². The standard InChI is InChI=1S/C10H18N2/c1-2-3-7-10(12)8-5-4-6-9(10)11/h4-6H,2-3,7-8,11-12H2,1H3/t10-/m1/s1. The smallest absolute Gasteiger partial charge is 0.0591 e. The van der Waals surface area contributed by atoms with Crippen LogP contribution < -0.4 is 11.5 Å². The van der Waals surface area contributed by atoms with E-state index in [0.29, 0.717) is 0 Å². The Kier molecular flexibility index (Phi) is 2.93. The second-order valence-corrected chi connectivity index (χ2v) is 3.51. The highest BCUT2D eigenvalue weighted by Gasteiger charge is 2.26. The van der Waals surface area contributed by atoms with Gasteiger partial charge in [-0.2, -0.15) is 0 Å². The number of unbranched alkanes of at least 4 members (excludes halogenated alkanes) is 1. The second kappa shape index (κ2) is 3.76. The summed E-state index contributed by atoms with van der Waals surface area (Å²) >= 11 is 0. The fraction of sp³-hybridized carbons (Fsp3) is 0.600. The van der Waals surface area contributed by atoms with Crippen LogP contribution in [0.3, 0.4) is 0 Å². The van der Waals surface area contributed by atoms with Crippen LogP contribution in [0.15, 0.2) is 23.9 Å². The van der Waals surface area contributed by atoms with Crippen molar-refractivity contribution in [2.45, 2.75) is 38.1 Å². The normalized spacial score (nSPS) is 28.7. The van der Waals surface area contributed by atoms with Crippen molar-refractivity contribution in [2.24, 2.45) is 11.5 Å². The van der Waals surface area contributed by atoms with Crippen LogP contribution in [0.25, 0.3) is 0 Å². The van der Waals surface area contributed by atoms with Gasteiger partial charge < -0.3 is 11.5 Å². The number of hydrogen-bond donors (Lipinski definition) is 2. The molecule has 0 aromatic heterocycles. The van der Waals surface area contributed by atoms with Crippen LogP contribution in [0.1, 0.15) is 32.6 Å². The van der Waals surface area contributed by atoms with E-state index < -0.39 is 0 Å². The molecule has 0 saturated carbocycles. The minimum absolute atomic E-state index is 0.259. The molecule has 2 nitrogen and oxygen atoms in total. The lowest BCUT2D eigenvalue weighted by molar-refractivity contribution is 0.437. The number of nitrogens with two attached hydrogens (primary N) is 2. The van der Waals surface area contributed by atoms with Gasteiger partial charge in [-0.1, -0.05) is 31.9 Å². The lowest BCUT2D eigenvalue weighted by atomic mass is 9.84. The first kappa shape index (κ1) is 9.33. The molecule has 0 spiro atoms. The molecule has 0 unspecified atom stereocenters. The maximum absolute atomic E-state index is 6.14. The molecule has 0 heterocycles. The van der Waals surface area contributed by atoms with Crippen LogP contribution in [-0.2, 0) is 0 Å². The summed E-state index contributed by atoms with van der Waals surface area (Å²) in [6.45, 7) is 2.17. The van der Waals surface area contributed by atoms with Crippen LogP contribution in [0.5, 0.6) is 0 Å². The van der Waals surface area contributed by atoms with Crippen molar-refractivity contribution in [3.63, 3.8) is 0 Å². The number of allylic oxidation sites excluding steroid dienone is 2. The average Bonchev–Trinajstić information content (AvgIpc) is 2.07. The molecule has 0 fully saturated rings. The van der Waals surface area contributed by atoms with Crippen molar-refractivity contribution in [2.75, 3.05) is 0 Å². The average molecular weight is 166 g/mol. The maximum atomic E-state index is 6.14. The molecule has 1 atom stereocenters. The molecule has 1 rings (SSSR count). The maximum Gasteiger partial charge on any atom is 0.0591 e. The molecule has 1 aliphatic rings. The lowest BCUT2D eigenvalue weighted by Gasteiger charge is -2.30. The molecule has 12 heavy (non-hydrogen) atoms. The number of rotatable bonds is 3. The van der Waals surface area contributed by atoms with Gasteiger partial charge >= 0.3 is 0 Å². The summed E-state index contributed by atoms with van der Waals surface area (Å²) in [6, 6.07) is 0. The minimum Gasteiger partial charge on any atom is -0.401 e. The van der Waals surface area contributed by atoms with Crippen LogP contribution in [0, 0.1) is 0 Å². The molecular formula is C10H18N2. The summed E-state index contributed by atoms with van der Waals surface area (Å²) in [5.74, 6) is 0. The Hall–Kier alpha value is -0.760. The largest absolute Gasteiger partial charge is 0.401 e. The quantitative estimate of drug-likeness (QED) is 0.670. The highest BCUT2D eigenvalue weighted by Crippen LogP contribution is 2.24. The van der Waals surface area contributed by atoms with E-state index in [2.05, 4.69) is 13.0 Å². The lowest BCUT2D eigenvalue weighted by Crippen LogP contribution is -2.45. The Morgan fingerprint density at radius 3 is 2.92 bits per heavy atom. The van der Waals surface area contributed by atoms with Gasteiger partial charge in [0.1, 0.15) is 0 Å². The van der Waals surface area contributed by atoms with Crippen LogP contribution >= 0.6 is 0 Å². The molecule has 0 radical (unpaired) electrons. The summed E-state index contributed by atoms with van der Waals surface area (Å²) < 4.78 is 0. The molecule has 0 aromatic carbocycles. The van der Waals surface area contributed by atoms with E-state index in [4.69, 9.17) is 11.5 Å². The third-order valence-corrected chi connectivity index (χ3v) is 2.45. The Morgan fingerprint density at radius 2 is 2.33 bits per heavy atom. The monoisotopic (exact) mass is 166 g/mol. The highest BCUT2D eigenvalue weighted by molar-refractivity contribution is 5.27. The SMILES string of the molecule is CCCC[C@@]1(N)CC=CC=C1N. The van der Waals surface area contributed by atoms with Crippen LogP contribution in [0.2, 0.25) is 0 Å². The van der Waals surface area contributed by atoms with Gasteiger partial charge in [0.2, 0.25) is 0 Å². The van der Waals surface area contributed by atoms with Crippen molar-refractivity contribution in [1.82, 2.24) is 0 Å². The Morgan fingerprint density at radius 1 is 1.58 bits per heavy atom. The van der Waals surface area contributed by atoms with Crippen LogP contribution in [-0.4, -0.2) is 5.54 Å². The third-order valence-electron chi connectivity index (χ3n) is 2.45. The van der Waals surface area contributed by atoms with Gasteiger partial charge in [0.25, 0.3) is 0 Å². The summed E-state index contributed by atoms with van der Waals surface area (Å²) in [5, 5.41) is 0. The van der Waals surface area contributed by atoms with E-state index in [1.807, 2.05) is 12.2 Å². The molecule has 0 amide bonds. The van der Waals surface area contributed by atoms with Gasteiger partial charge in [-0.05, 0) is 18.9 Å². The van der Waals surface area contributed by atoms with Gasteiger partial charge in [0, 0.05) is 5.70 Å².